The van der Waals surface area contributed by atoms with Gasteiger partial charge in [-0.1, -0.05) is 17.7 Å². The van der Waals surface area contributed by atoms with Gasteiger partial charge in [0.05, 0.1) is 41.7 Å². The van der Waals surface area contributed by atoms with Crippen LogP contribution in [0.2, 0.25) is 5.02 Å². The average molecular weight is 454 g/mol. The number of morpholine rings is 1. The summed E-state index contributed by atoms with van der Waals surface area (Å²) in [6.45, 7) is 6.34. The van der Waals surface area contributed by atoms with Gasteiger partial charge in [0.2, 0.25) is 0 Å². The van der Waals surface area contributed by atoms with E-state index >= 15 is 0 Å². The zero-order valence-corrected chi connectivity index (χ0v) is 18.5. The number of carbonyl (C=O) groups is 1. The lowest BCUT2D eigenvalue weighted by Gasteiger charge is -2.25. The molecular formula is C22H24ClN7O2. The Morgan fingerprint density at radius 2 is 2.16 bits per heavy atom. The van der Waals surface area contributed by atoms with Crippen molar-refractivity contribution in [1.82, 2.24) is 30.2 Å². The molecule has 3 aromatic rings. The van der Waals surface area contributed by atoms with Crippen LogP contribution >= 0.6 is 11.6 Å². The molecule has 1 atom stereocenters. The Morgan fingerprint density at radius 1 is 1.34 bits per heavy atom. The van der Waals surface area contributed by atoms with Gasteiger partial charge in [0, 0.05) is 37.4 Å². The number of ether oxygens (including phenoxy) is 1. The van der Waals surface area contributed by atoms with Gasteiger partial charge in [-0.15, -0.1) is 0 Å². The summed E-state index contributed by atoms with van der Waals surface area (Å²) in [6, 6.07) is 10.8. The minimum atomic E-state index is -0.228. The van der Waals surface area contributed by atoms with Crippen molar-refractivity contribution >= 4 is 17.5 Å². The van der Waals surface area contributed by atoms with Crippen molar-refractivity contribution in [2.45, 2.75) is 26.1 Å². The van der Waals surface area contributed by atoms with Crippen LogP contribution in [-0.2, 0) is 17.8 Å². The van der Waals surface area contributed by atoms with Crippen molar-refractivity contribution in [3.63, 3.8) is 0 Å². The molecule has 1 saturated heterocycles. The molecule has 0 aliphatic carbocycles. The summed E-state index contributed by atoms with van der Waals surface area (Å²) in [4.78, 5) is 14.8. The van der Waals surface area contributed by atoms with Crippen LogP contribution < -0.4 is 5.32 Å². The number of carbonyl (C=O) groups excluding carboxylic acids is 1. The highest BCUT2D eigenvalue weighted by Gasteiger charge is 2.17. The smallest absolute Gasteiger partial charge is 0.272 e. The number of hydrogen-bond acceptors (Lipinski definition) is 6. The first-order valence-corrected chi connectivity index (χ1v) is 10.8. The SMILES string of the molecule is C[C@@H](Cn1ccc(-c2ccc(C#N)c(Cl)c2)n1)NC(=O)c1cc(CN2CCOCC2)[nH]n1. The number of H-pyrrole nitrogens is 1. The molecule has 1 aliphatic heterocycles. The molecule has 2 N–H and O–H groups in total. The second-order valence-corrected chi connectivity index (χ2v) is 8.18. The van der Waals surface area contributed by atoms with E-state index in [1.165, 1.54) is 0 Å². The van der Waals surface area contributed by atoms with E-state index in [0.717, 1.165) is 43.3 Å². The van der Waals surface area contributed by atoms with Crippen LogP contribution in [0.5, 0.6) is 0 Å². The normalized spacial score (nSPS) is 15.3. The summed E-state index contributed by atoms with van der Waals surface area (Å²) >= 11 is 6.12. The Balaban J connectivity index is 1.32. The van der Waals surface area contributed by atoms with E-state index in [0.29, 0.717) is 29.4 Å². The molecule has 4 rings (SSSR count). The summed E-state index contributed by atoms with van der Waals surface area (Å²) in [7, 11) is 0. The van der Waals surface area contributed by atoms with Crippen molar-refractivity contribution in [2.75, 3.05) is 26.3 Å². The molecule has 0 saturated carbocycles. The lowest BCUT2D eigenvalue weighted by atomic mass is 10.1. The number of nitrogens with zero attached hydrogens (tertiary/aromatic N) is 5. The summed E-state index contributed by atoms with van der Waals surface area (Å²) < 4.78 is 7.12. The van der Waals surface area contributed by atoms with Gasteiger partial charge in [-0.05, 0) is 31.2 Å². The second kappa shape index (κ2) is 9.96. The number of nitrogens with one attached hydrogen (secondary N) is 2. The summed E-state index contributed by atoms with van der Waals surface area (Å²) in [6.07, 6.45) is 1.85. The average Bonchev–Trinajstić information content (AvgIpc) is 3.44. The van der Waals surface area contributed by atoms with Crippen LogP contribution in [0.4, 0.5) is 0 Å². The maximum absolute atomic E-state index is 12.6. The summed E-state index contributed by atoms with van der Waals surface area (Å²) in [5.74, 6) is -0.228. The monoisotopic (exact) mass is 453 g/mol. The van der Waals surface area contributed by atoms with Gasteiger partial charge in [0.1, 0.15) is 11.8 Å². The maximum atomic E-state index is 12.6. The molecule has 10 heteroatoms. The minimum Gasteiger partial charge on any atom is -0.379 e. The van der Waals surface area contributed by atoms with Gasteiger partial charge >= 0.3 is 0 Å². The number of rotatable bonds is 7. The van der Waals surface area contributed by atoms with E-state index in [2.05, 4.69) is 25.5 Å². The molecule has 1 amide bonds. The molecule has 3 heterocycles. The molecule has 2 aromatic heterocycles. The lowest BCUT2D eigenvalue weighted by Crippen LogP contribution is -2.36. The maximum Gasteiger partial charge on any atom is 0.272 e. The fourth-order valence-corrected chi connectivity index (χ4v) is 3.79. The van der Waals surface area contributed by atoms with Gasteiger partial charge in [-0.25, -0.2) is 0 Å². The molecule has 0 bridgehead atoms. The molecular weight excluding hydrogens is 430 g/mol. The molecule has 0 spiro atoms. The Labute approximate surface area is 190 Å². The van der Waals surface area contributed by atoms with Crippen LogP contribution in [0.3, 0.4) is 0 Å². The Kier molecular flexibility index (Phi) is 6.85. The molecule has 0 radical (unpaired) electrons. The molecule has 1 aromatic carbocycles. The third-order valence-electron chi connectivity index (χ3n) is 5.23. The highest BCUT2D eigenvalue weighted by atomic mass is 35.5. The van der Waals surface area contributed by atoms with E-state index in [1.807, 2.05) is 31.3 Å². The number of hydrogen-bond donors (Lipinski definition) is 2. The first-order chi connectivity index (χ1) is 15.5. The van der Waals surface area contributed by atoms with Crippen molar-refractivity contribution in [2.24, 2.45) is 0 Å². The molecule has 1 fully saturated rings. The third-order valence-corrected chi connectivity index (χ3v) is 5.54. The first kappa shape index (κ1) is 22.0. The summed E-state index contributed by atoms with van der Waals surface area (Å²) in [5.41, 5.74) is 3.28. The van der Waals surface area contributed by atoms with Crippen LogP contribution in [0.15, 0.2) is 36.5 Å². The van der Waals surface area contributed by atoms with Crippen molar-refractivity contribution < 1.29 is 9.53 Å². The van der Waals surface area contributed by atoms with Crippen LogP contribution in [0.1, 0.15) is 28.7 Å². The number of halogens is 1. The fraction of sp³-hybridized carbons (Fsp3) is 0.364. The summed E-state index contributed by atoms with van der Waals surface area (Å²) in [5, 5.41) is 24.0. The van der Waals surface area contributed by atoms with E-state index in [9.17, 15) is 4.79 Å². The highest BCUT2D eigenvalue weighted by molar-refractivity contribution is 6.32. The van der Waals surface area contributed by atoms with Gasteiger partial charge in [0.25, 0.3) is 5.91 Å². The van der Waals surface area contributed by atoms with Gasteiger partial charge in [0.15, 0.2) is 0 Å². The van der Waals surface area contributed by atoms with E-state index in [1.54, 1.807) is 22.9 Å². The zero-order valence-electron chi connectivity index (χ0n) is 17.7. The molecule has 1 aliphatic rings. The lowest BCUT2D eigenvalue weighted by molar-refractivity contribution is 0.0336. The van der Waals surface area contributed by atoms with E-state index in [-0.39, 0.29) is 11.9 Å². The quantitative estimate of drug-likeness (QED) is 0.568. The zero-order chi connectivity index (χ0) is 22.5. The number of nitriles is 1. The van der Waals surface area contributed by atoms with Crippen LogP contribution in [-0.4, -0.2) is 63.1 Å². The van der Waals surface area contributed by atoms with E-state index < -0.39 is 0 Å². The Morgan fingerprint density at radius 3 is 2.91 bits per heavy atom. The Bertz CT molecular complexity index is 1130. The minimum absolute atomic E-state index is 0.154. The van der Waals surface area contributed by atoms with Crippen LogP contribution in [0.25, 0.3) is 11.3 Å². The first-order valence-electron chi connectivity index (χ1n) is 10.4. The Hall–Kier alpha value is -3.19. The number of aromatic nitrogens is 4. The highest BCUT2D eigenvalue weighted by Crippen LogP contribution is 2.24. The molecule has 166 valence electrons. The largest absolute Gasteiger partial charge is 0.379 e. The molecule has 9 nitrogen and oxygen atoms in total. The fourth-order valence-electron chi connectivity index (χ4n) is 3.57. The number of amides is 1. The second-order valence-electron chi connectivity index (χ2n) is 7.77. The van der Waals surface area contributed by atoms with Crippen molar-refractivity contribution in [1.29, 1.82) is 5.26 Å². The molecule has 0 unspecified atom stereocenters. The van der Waals surface area contributed by atoms with Gasteiger partial charge in [-0.3, -0.25) is 19.5 Å². The number of benzene rings is 1. The third kappa shape index (κ3) is 5.34. The molecule has 32 heavy (non-hydrogen) atoms. The van der Waals surface area contributed by atoms with Crippen molar-refractivity contribution in [3.05, 3.63) is 58.5 Å². The number of aromatic amines is 1. The topological polar surface area (TPSA) is 112 Å². The van der Waals surface area contributed by atoms with Gasteiger partial charge in [-0.2, -0.15) is 15.5 Å². The predicted molar refractivity (Wildman–Crippen MR) is 119 cm³/mol. The van der Waals surface area contributed by atoms with Crippen molar-refractivity contribution in [3.8, 4) is 17.3 Å². The standard InChI is InChI=1S/C22H24ClN7O2/c1-15(13-30-5-4-20(28-30)16-2-3-17(12-24)19(23)10-16)25-22(31)21-11-18(26-27-21)14-29-6-8-32-9-7-29/h2-5,10-11,15H,6-9,13-14H2,1H3,(H,25,31)(H,26,27)/t15-/m0/s1. The van der Waals surface area contributed by atoms with Gasteiger partial charge < -0.3 is 10.1 Å². The predicted octanol–water partition coefficient (Wildman–Crippen LogP) is 2.45. The van der Waals surface area contributed by atoms with Crippen LogP contribution in [0, 0.1) is 11.3 Å². The van der Waals surface area contributed by atoms with E-state index in [4.69, 9.17) is 21.6 Å².